The normalized spacial score (nSPS) is 11.1. The van der Waals surface area contributed by atoms with E-state index in [1.54, 1.807) is 66.7 Å². The molecular formula is C21H18Cl2N2O3S. The molecule has 1 amide bonds. The van der Waals surface area contributed by atoms with Crippen LogP contribution < -0.4 is 9.62 Å². The summed E-state index contributed by atoms with van der Waals surface area (Å²) in [6.45, 7) is 0.154. The van der Waals surface area contributed by atoms with E-state index in [1.165, 1.54) is 4.31 Å². The van der Waals surface area contributed by atoms with Crippen LogP contribution in [0.1, 0.15) is 15.9 Å². The largest absolute Gasteiger partial charge is 0.319 e. The monoisotopic (exact) mass is 448 g/mol. The third kappa shape index (κ3) is 5.29. The molecule has 8 heteroatoms. The van der Waals surface area contributed by atoms with Crippen LogP contribution in [0.15, 0.2) is 72.8 Å². The number of anilines is 2. The number of amides is 1. The molecule has 3 aromatic rings. The number of halogens is 2. The average molecular weight is 449 g/mol. The Morgan fingerprint density at radius 1 is 0.897 bits per heavy atom. The number of nitrogens with zero attached hydrogens (tertiary/aromatic N) is 1. The molecule has 0 saturated heterocycles. The van der Waals surface area contributed by atoms with E-state index in [2.05, 4.69) is 5.32 Å². The van der Waals surface area contributed by atoms with Gasteiger partial charge in [0.1, 0.15) is 0 Å². The molecule has 0 unspecified atom stereocenters. The van der Waals surface area contributed by atoms with Gasteiger partial charge in [0.2, 0.25) is 10.0 Å². The summed E-state index contributed by atoms with van der Waals surface area (Å²) in [5, 5.41) is 3.38. The van der Waals surface area contributed by atoms with Crippen molar-refractivity contribution in [1.29, 1.82) is 0 Å². The Balaban J connectivity index is 1.78. The zero-order valence-electron chi connectivity index (χ0n) is 15.5. The smallest absolute Gasteiger partial charge is 0.255 e. The quantitative estimate of drug-likeness (QED) is 0.562. The van der Waals surface area contributed by atoms with E-state index in [-0.39, 0.29) is 12.5 Å². The first-order valence-corrected chi connectivity index (χ1v) is 11.2. The fourth-order valence-corrected chi connectivity index (χ4v) is 4.10. The van der Waals surface area contributed by atoms with Crippen LogP contribution in [0.5, 0.6) is 0 Å². The summed E-state index contributed by atoms with van der Waals surface area (Å²) in [5.41, 5.74) is 2.06. The van der Waals surface area contributed by atoms with Crippen LogP contribution in [0.4, 0.5) is 11.4 Å². The van der Waals surface area contributed by atoms with Crippen LogP contribution in [0.3, 0.4) is 0 Å². The Morgan fingerprint density at radius 2 is 1.48 bits per heavy atom. The van der Waals surface area contributed by atoms with Crippen LogP contribution >= 0.6 is 23.2 Å². The van der Waals surface area contributed by atoms with E-state index in [0.29, 0.717) is 27.0 Å². The maximum absolute atomic E-state index is 12.5. The van der Waals surface area contributed by atoms with Gasteiger partial charge in [-0.2, -0.15) is 0 Å². The molecule has 0 spiro atoms. The van der Waals surface area contributed by atoms with E-state index < -0.39 is 10.0 Å². The molecule has 0 aliphatic carbocycles. The summed E-state index contributed by atoms with van der Waals surface area (Å²) in [5.74, 6) is -0.366. The Labute approximate surface area is 179 Å². The van der Waals surface area contributed by atoms with Gasteiger partial charge in [-0.05, 0) is 42.0 Å². The summed E-state index contributed by atoms with van der Waals surface area (Å²) >= 11 is 12.2. The highest BCUT2D eigenvalue weighted by Gasteiger charge is 2.18. The number of para-hydroxylation sites is 2. The lowest BCUT2D eigenvalue weighted by molar-refractivity contribution is 0.102. The second kappa shape index (κ2) is 8.86. The van der Waals surface area contributed by atoms with Gasteiger partial charge < -0.3 is 5.32 Å². The number of benzene rings is 3. The summed E-state index contributed by atoms with van der Waals surface area (Å²) < 4.78 is 25.7. The number of sulfonamides is 1. The summed E-state index contributed by atoms with van der Waals surface area (Å²) in [7, 11) is -3.47. The molecule has 29 heavy (non-hydrogen) atoms. The highest BCUT2D eigenvalue weighted by atomic mass is 35.5. The first kappa shape index (κ1) is 21.2. The fraction of sp³-hybridized carbons (Fsp3) is 0.0952. The lowest BCUT2D eigenvalue weighted by Crippen LogP contribution is -2.29. The lowest BCUT2D eigenvalue weighted by atomic mass is 10.1. The van der Waals surface area contributed by atoms with Crippen molar-refractivity contribution in [3.8, 4) is 0 Å². The zero-order chi connectivity index (χ0) is 21.0. The molecule has 3 aromatic carbocycles. The average Bonchev–Trinajstić information content (AvgIpc) is 2.69. The minimum absolute atomic E-state index is 0.154. The van der Waals surface area contributed by atoms with Crippen LogP contribution in [-0.2, 0) is 16.6 Å². The van der Waals surface area contributed by atoms with Crippen LogP contribution in [0.25, 0.3) is 0 Å². The second-order valence-corrected chi connectivity index (χ2v) is 9.07. The molecule has 0 aromatic heterocycles. The SMILES string of the molecule is CS(=O)(=O)N(Cc1ccc(C(=O)Nc2c(Cl)cccc2Cl)cc1)c1ccccc1. The van der Waals surface area contributed by atoms with E-state index in [9.17, 15) is 13.2 Å². The number of carbonyl (C=O) groups is 1. The summed E-state index contributed by atoms with van der Waals surface area (Å²) in [4.78, 5) is 12.5. The number of rotatable bonds is 6. The Morgan fingerprint density at radius 3 is 2.03 bits per heavy atom. The first-order valence-electron chi connectivity index (χ1n) is 8.63. The van der Waals surface area contributed by atoms with Gasteiger partial charge in [0.25, 0.3) is 5.91 Å². The highest BCUT2D eigenvalue weighted by molar-refractivity contribution is 7.92. The molecule has 0 fully saturated rings. The third-order valence-corrected chi connectivity index (χ3v) is 5.96. The molecule has 1 N–H and O–H groups in total. The molecule has 0 heterocycles. The number of hydrogen-bond acceptors (Lipinski definition) is 3. The molecule has 0 aliphatic rings. The van der Waals surface area contributed by atoms with Crippen molar-refractivity contribution in [2.75, 3.05) is 15.9 Å². The van der Waals surface area contributed by atoms with Crippen molar-refractivity contribution in [2.24, 2.45) is 0 Å². The predicted molar refractivity (Wildman–Crippen MR) is 118 cm³/mol. The number of hydrogen-bond donors (Lipinski definition) is 1. The van der Waals surface area contributed by atoms with E-state index in [0.717, 1.165) is 11.8 Å². The highest BCUT2D eigenvalue weighted by Crippen LogP contribution is 2.30. The molecule has 0 radical (unpaired) electrons. The fourth-order valence-electron chi connectivity index (χ4n) is 2.72. The number of nitrogens with one attached hydrogen (secondary N) is 1. The van der Waals surface area contributed by atoms with Gasteiger partial charge >= 0.3 is 0 Å². The van der Waals surface area contributed by atoms with Crippen molar-refractivity contribution in [3.05, 3.63) is 94.0 Å². The number of carbonyl (C=O) groups excluding carboxylic acids is 1. The first-order chi connectivity index (χ1) is 13.8. The van der Waals surface area contributed by atoms with Gasteiger partial charge in [0.05, 0.1) is 34.2 Å². The Bertz CT molecular complexity index is 1100. The maximum Gasteiger partial charge on any atom is 0.255 e. The van der Waals surface area contributed by atoms with Gasteiger partial charge in [-0.1, -0.05) is 59.6 Å². The Kier molecular flexibility index (Phi) is 6.47. The van der Waals surface area contributed by atoms with Gasteiger partial charge in [-0.15, -0.1) is 0 Å². The van der Waals surface area contributed by atoms with Gasteiger partial charge in [-0.25, -0.2) is 8.42 Å². The minimum Gasteiger partial charge on any atom is -0.319 e. The molecule has 0 aliphatic heterocycles. The third-order valence-electron chi connectivity index (χ3n) is 4.19. The lowest BCUT2D eigenvalue weighted by Gasteiger charge is -2.22. The van der Waals surface area contributed by atoms with Gasteiger partial charge in [0.15, 0.2) is 0 Å². The van der Waals surface area contributed by atoms with E-state index in [1.807, 2.05) is 6.07 Å². The summed E-state index contributed by atoms with van der Waals surface area (Å²) in [6.07, 6.45) is 1.16. The molecule has 0 atom stereocenters. The molecular weight excluding hydrogens is 431 g/mol. The van der Waals surface area contributed by atoms with Gasteiger partial charge in [-0.3, -0.25) is 9.10 Å². The molecule has 0 saturated carbocycles. The molecule has 150 valence electrons. The second-order valence-electron chi connectivity index (χ2n) is 6.35. The van der Waals surface area contributed by atoms with Crippen molar-refractivity contribution < 1.29 is 13.2 Å². The van der Waals surface area contributed by atoms with Crippen molar-refractivity contribution in [1.82, 2.24) is 0 Å². The van der Waals surface area contributed by atoms with Crippen molar-refractivity contribution in [3.63, 3.8) is 0 Å². The molecule has 0 bridgehead atoms. The van der Waals surface area contributed by atoms with E-state index in [4.69, 9.17) is 23.2 Å². The topological polar surface area (TPSA) is 66.5 Å². The predicted octanol–water partition coefficient (Wildman–Crippen LogP) is 5.21. The molecule has 3 rings (SSSR count). The summed E-state index contributed by atoms with van der Waals surface area (Å²) in [6, 6.07) is 20.5. The standard InChI is InChI=1S/C21H18Cl2N2O3S/c1-29(27,28)25(17-6-3-2-4-7-17)14-15-10-12-16(13-11-15)21(26)24-20-18(22)8-5-9-19(20)23/h2-13H,14H2,1H3,(H,24,26). The van der Waals surface area contributed by atoms with Crippen LogP contribution in [0, 0.1) is 0 Å². The Hall–Kier alpha value is -2.54. The van der Waals surface area contributed by atoms with E-state index >= 15 is 0 Å². The maximum atomic E-state index is 12.5. The zero-order valence-corrected chi connectivity index (χ0v) is 17.8. The minimum atomic E-state index is -3.47. The van der Waals surface area contributed by atoms with Crippen molar-refractivity contribution >= 4 is 50.5 Å². The van der Waals surface area contributed by atoms with Crippen LogP contribution in [-0.4, -0.2) is 20.6 Å². The van der Waals surface area contributed by atoms with Crippen LogP contribution in [0.2, 0.25) is 10.0 Å². The molecule has 5 nitrogen and oxygen atoms in total. The van der Waals surface area contributed by atoms with Gasteiger partial charge in [0, 0.05) is 5.56 Å². The van der Waals surface area contributed by atoms with Crippen molar-refractivity contribution in [2.45, 2.75) is 6.54 Å².